The lowest BCUT2D eigenvalue weighted by Gasteiger charge is -2.24. The van der Waals surface area contributed by atoms with E-state index >= 15 is 13.2 Å². The first-order chi connectivity index (χ1) is 22.9. The van der Waals surface area contributed by atoms with E-state index in [1.54, 1.807) is 15.2 Å². The van der Waals surface area contributed by atoms with Gasteiger partial charge < -0.3 is 9.13 Å². The standard InChI is InChI=1S/C41H29F5N2/c1-22-5-9-30-31-10-6-23(2)16-36(31)47(35(30)15-22)34-14-13-29(26-19-27(42)21-28(43)20-26)40(39(34)41(44,45)46)48-37-17-24(3)7-11-32(37)33-12-8-25(4)18-38(33)48/h5-21H,1-4H3. The normalized spacial score (nSPS) is 12.3. The molecule has 8 aromatic rings. The van der Waals surface area contributed by atoms with Crippen molar-refractivity contribution in [3.8, 4) is 22.5 Å². The number of hydrogen-bond donors (Lipinski definition) is 0. The van der Waals surface area contributed by atoms with Gasteiger partial charge in [0.2, 0.25) is 0 Å². The third-order valence-electron chi connectivity index (χ3n) is 9.23. The van der Waals surface area contributed by atoms with Gasteiger partial charge in [-0.05, 0) is 98.0 Å². The van der Waals surface area contributed by atoms with Gasteiger partial charge in [0.05, 0.1) is 33.4 Å². The maximum atomic E-state index is 16.1. The van der Waals surface area contributed by atoms with E-state index in [-0.39, 0.29) is 22.5 Å². The lowest BCUT2D eigenvalue weighted by molar-refractivity contribution is -0.137. The van der Waals surface area contributed by atoms with Gasteiger partial charge in [-0.3, -0.25) is 0 Å². The molecule has 238 valence electrons. The highest BCUT2D eigenvalue weighted by Crippen LogP contribution is 2.48. The quantitative estimate of drug-likeness (QED) is 0.169. The molecular weight excluding hydrogens is 615 g/mol. The van der Waals surface area contributed by atoms with Gasteiger partial charge in [-0.15, -0.1) is 0 Å². The van der Waals surface area contributed by atoms with Gasteiger partial charge in [0, 0.05) is 33.2 Å². The lowest BCUT2D eigenvalue weighted by atomic mass is 9.96. The van der Waals surface area contributed by atoms with E-state index in [4.69, 9.17) is 0 Å². The predicted octanol–water partition coefficient (Wildman–Crippen LogP) is 12.1. The smallest absolute Gasteiger partial charge is 0.309 e. The maximum absolute atomic E-state index is 16.1. The van der Waals surface area contributed by atoms with Crippen LogP contribution in [-0.4, -0.2) is 9.13 Å². The molecule has 0 atom stereocenters. The van der Waals surface area contributed by atoms with Crippen LogP contribution < -0.4 is 0 Å². The SMILES string of the molecule is Cc1ccc2c3ccc(C)cc3n(-c3ccc(-c4cc(F)cc(F)c4)c(-n4c5cc(C)ccc5c5ccc(C)cc54)c3C(F)(F)F)c2c1. The van der Waals surface area contributed by atoms with Crippen LogP contribution >= 0.6 is 0 Å². The molecule has 0 N–H and O–H groups in total. The lowest BCUT2D eigenvalue weighted by Crippen LogP contribution is -2.17. The molecule has 0 spiro atoms. The molecule has 0 aliphatic carbocycles. The number of benzene rings is 6. The van der Waals surface area contributed by atoms with Gasteiger partial charge in [-0.2, -0.15) is 13.2 Å². The minimum Gasteiger partial charge on any atom is -0.309 e. The summed E-state index contributed by atoms with van der Waals surface area (Å²) in [5.41, 5.74) is 4.78. The summed E-state index contributed by atoms with van der Waals surface area (Å²) in [6, 6.07) is 28.9. The fraction of sp³-hybridized carbons (Fsp3) is 0.122. The van der Waals surface area contributed by atoms with Gasteiger partial charge in [-0.1, -0.05) is 54.6 Å². The number of aromatic nitrogens is 2. The zero-order chi connectivity index (χ0) is 33.6. The van der Waals surface area contributed by atoms with Crippen LogP contribution in [0.3, 0.4) is 0 Å². The van der Waals surface area contributed by atoms with Crippen LogP contribution in [0.4, 0.5) is 22.0 Å². The highest BCUT2D eigenvalue weighted by molar-refractivity contribution is 6.12. The average Bonchev–Trinajstić information content (AvgIpc) is 3.49. The zero-order valence-electron chi connectivity index (χ0n) is 26.6. The number of halogens is 5. The Morgan fingerprint density at radius 1 is 0.458 bits per heavy atom. The molecule has 8 rings (SSSR count). The summed E-state index contributed by atoms with van der Waals surface area (Å²) >= 11 is 0. The van der Waals surface area contributed by atoms with E-state index in [1.807, 2.05) is 100 Å². The van der Waals surface area contributed by atoms with Crippen molar-refractivity contribution in [1.82, 2.24) is 9.13 Å². The van der Waals surface area contributed by atoms with Crippen molar-refractivity contribution < 1.29 is 22.0 Å². The summed E-state index contributed by atoms with van der Waals surface area (Å²) in [4.78, 5) is 0. The van der Waals surface area contributed by atoms with Crippen molar-refractivity contribution in [2.45, 2.75) is 33.9 Å². The highest BCUT2D eigenvalue weighted by Gasteiger charge is 2.40. The number of nitrogens with zero attached hydrogens (tertiary/aromatic N) is 2. The van der Waals surface area contributed by atoms with E-state index in [0.717, 1.165) is 62.0 Å². The van der Waals surface area contributed by atoms with Crippen molar-refractivity contribution in [3.05, 3.63) is 143 Å². The van der Waals surface area contributed by atoms with Crippen LogP contribution in [0, 0.1) is 39.3 Å². The van der Waals surface area contributed by atoms with Gasteiger partial charge in [0.25, 0.3) is 0 Å². The van der Waals surface area contributed by atoms with Gasteiger partial charge in [-0.25, -0.2) is 8.78 Å². The van der Waals surface area contributed by atoms with Gasteiger partial charge >= 0.3 is 6.18 Å². The monoisotopic (exact) mass is 644 g/mol. The molecule has 0 radical (unpaired) electrons. The van der Waals surface area contributed by atoms with Crippen LogP contribution in [-0.2, 0) is 6.18 Å². The Labute approximate surface area is 273 Å². The van der Waals surface area contributed by atoms with Crippen molar-refractivity contribution in [3.63, 3.8) is 0 Å². The van der Waals surface area contributed by atoms with Crippen LogP contribution in [0.1, 0.15) is 27.8 Å². The fourth-order valence-electron chi connectivity index (χ4n) is 7.20. The van der Waals surface area contributed by atoms with Gasteiger partial charge in [0.15, 0.2) is 0 Å². The minimum absolute atomic E-state index is 0.00349. The first-order valence-electron chi connectivity index (χ1n) is 15.6. The molecular formula is C41H29F5N2. The molecule has 0 saturated carbocycles. The summed E-state index contributed by atoms with van der Waals surface area (Å²) in [7, 11) is 0. The van der Waals surface area contributed by atoms with Crippen molar-refractivity contribution in [2.75, 3.05) is 0 Å². The molecule has 2 aromatic heterocycles. The minimum atomic E-state index is -4.89. The van der Waals surface area contributed by atoms with Crippen molar-refractivity contribution >= 4 is 43.6 Å². The first-order valence-corrected chi connectivity index (χ1v) is 15.6. The highest BCUT2D eigenvalue weighted by atomic mass is 19.4. The molecule has 0 aliphatic heterocycles. The number of hydrogen-bond acceptors (Lipinski definition) is 0. The van der Waals surface area contributed by atoms with Crippen LogP contribution in [0.2, 0.25) is 0 Å². The van der Waals surface area contributed by atoms with Crippen LogP contribution in [0.25, 0.3) is 66.1 Å². The van der Waals surface area contributed by atoms with E-state index in [9.17, 15) is 8.78 Å². The van der Waals surface area contributed by atoms with Crippen LogP contribution in [0.15, 0.2) is 103 Å². The molecule has 0 amide bonds. The Morgan fingerprint density at radius 3 is 1.25 bits per heavy atom. The largest absolute Gasteiger partial charge is 0.420 e. The number of alkyl halides is 3. The molecule has 0 saturated heterocycles. The van der Waals surface area contributed by atoms with Crippen LogP contribution in [0.5, 0.6) is 0 Å². The Hall–Kier alpha value is -5.43. The number of fused-ring (bicyclic) bond motifs is 6. The molecule has 2 heterocycles. The summed E-state index contributed by atoms with van der Waals surface area (Å²) in [6.45, 7) is 7.60. The number of rotatable bonds is 3. The second-order valence-corrected chi connectivity index (χ2v) is 12.8. The predicted molar refractivity (Wildman–Crippen MR) is 184 cm³/mol. The molecule has 2 nitrogen and oxygen atoms in total. The Balaban J connectivity index is 1.64. The molecule has 6 aromatic carbocycles. The zero-order valence-corrected chi connectivity index (χ0v) is 26.6. The summed E-state index contributed by atoms with van der Waals surface area (Å²) < 4.78 is 81.1. The maximum Gasteiger partial charge on any atom is 0.420 e. The van der Waals surface area contributed by atoms with E-state index in [0.29, 0.717) is 22.1 Å². The van der Waals surface area contributed by atoms with E-state index in [2.05, 4.69) is 0 Å². The Bertz CT molecular complexity index is 2480. The van der Waals surface area contributed by atoms with Crippen molar-refractivity contribution in [2.24, 2.45) is 0 Å². The van der Waals surface area contributed by atoms with E-state index in [1.165, 1.54) is 6.07 Å². The van der Waals surface area contributed by atoms with Crippen molar-refractivity contribution in [1.29, 1.82) is 0 Å². The number of aryl methyl sites for hydroxylation is 4. The Morgan fingerprint density at radius 2 is 0.854 bits per heavy atom. The molecule has 0 fully saturated rings. The molecule has 0 bridgehead atoms. The molecule has 7 heteroatoms. The summed E-state index contributed by atoms with van der Waals surface area (Å²) in [5, 5.41) is 3.19. The Kier molecular flexibility index (Phi) is 6.57. The summed E-state index contributed by atoms with van der Waals surface area (Å²) in [6.07, 6.45) is -4.89. The molecule has 0 aliphatic rings. The fourth-order valence-corrected chi connectivity index (χ4v) is 7.20. The third-order valence-corrected chi connectivity index (χ3v) is 9.23. The van der Waals surface area contributed by atoms with Gasteiger partial charge in [0.1, 0.15) is 17.2 Å². The molecule has 48 heavy (non-hydrogen) atoms. The first kappa shape index (κ1) is 29.9. The second-order valence-electron chi connectivity index (χ2n) is 12.8. The average molecular weight is 645 g/mol. The third kappa shape index (κ3) is 4.60. The summed E-state index contributed by atoms with van der Waals surface area (Å²) in [5.74, 6) is -1.76. The second kappa shape index (κ2) is 10.5. The topological polar surface area (TPSA) is 9.86 Å². The molecule has 0 unspecified atom stereocenters. The van der Waals surface area contributed by atoms with E-state index < -0.39 is 23.4 Å².